The second-order valence-electron chi connectivity index (χ2n) is 7.57. The molecule has 0 radical (unpaired) electrons. The molecule has 0 bridgehead atoms. The number of rotatable bonds is 8. The Morgan fingerprint density at radius 2 is 1.94 bits per heavy atom. The van der Waals surface area contributed by atoms with Gasteiger partial charge in [0.2, 0.25) is 5.91 Å². The van der Waals surface area contributed by atoms with E-state index in [9.17, 15) is 9.59 Å². The molecule has 0 saturated carbocycles. The number of amides is 2. The Labute approximate surface area is 183 Å². The lowest BCUT2D eigenvalue weighted by molar-refractivity contribution is -0.116. The Kier molecular flexibility index (Phi) is 8.04. The normalized spacial score (nSPS) is 15.6. The van der Waals surface area contributed by atoms with Crippen LogP contribution in [0.5, 0.6) is 0 Å². The van der Waals surface area contributed by atoms with E-state index < -0.39 is 0 Å². The number of carbonyl (C=O) groups is 2. The molecule has 1 unspecified atom stereocenters. The van der Waals surface area contributed by atoms with Crippen molar-refractivity contribution < 1.29 is 9.59 Å². The summed E-state index contributed by atoms with van der Waals surface area (Å²) >= 11 is 0. The van der Waals surface area contributed by atoms with Gasteiger partial charge in [0, 0.05) is 43.2 Å². The molecule has 2 aromatic rings. The molecule has 0 spiro atoms. The average molecular weight is 422 g/mol. The largest absolute Gasteiger partial charge is 0.357 e. The highest BCUT2D eigenvalue weighted by Crippen LogP contribution is 2.31. The smallest absolute Gasteiger partial charge is 0.251 e. The average Bonchev–Trinajstić information content (AvgIpc) is 2.79. The van der Waals surface area contributed by atoms with E-state index in [0.29, 0.717) is 37.6 Å². The summed E-state index contributed by atoms with van der Waals surface area (Å²) in [6.45, 7) is 6.49. The molecule has 1 aliphatic rings. The number of nitrogens with one attached hydrogen (secondary N) is 4. The summed E-state index contributed by atoms with van der Waals surface area (Å²) in [5.74, 6) is 0.740. The molecule has 164 valence electrons. The zero-order valence-electron chi connectivity index (χ0n) is 18.2. The van der Waals surface area contributed by atoms with Crippen LogP contribution >= 0.6 is 0 Å². The summed E-state index contributed by atoms with van der Waals surface area (Å²) in [4.78, 5) is 28.9. The molecule has 7 nitrogen and oxygen atoms in total. The fourth-order valence-electron chi connectivity index (χ4n) is 3.57. The van der Waals surface area contributed by atoms with Gasteiger partial charge in [-0.25, -0.2) is 4.99 Å². The summed E-state index contributed by atoms with van der Waals surface area (Å²) in [6.07, 6.45) is 1.35. The second-order valence-corrected chi connectivity index (χ2v) is 7.57. The molecule has 31 heavy (non-hydrogen) atoms. The van der Waals surface area contributed by atoms with Crippen molar-refractivity contribution in [1.29, 1.82) is 0 Å². The maximum atomic E-state index is 12.2. The van der Waals surface area contributed by atoms with Crippen LogP contribution in [-0.2, 0) is 11.3 Å². The Hall–Kier alpha value is -3.35. The molecule has 1 atom stereocenters. The van der Waals surface area contributed by atoms with Crippen LogP contribution in [0.4, 0.5) is 5.69 Å². The molecule has 7 heteroatoms. The van der Waals surface area contributed by atoms with Crippen LogP contribution in [0.1, 0.15) is 54.1 Å². The van der Waals surface area contributed by atoms with Gasteiger partial charge in [-0.3, -0.25) is 9.59 Å². The minimum atomic E-state index is -0.0630. The molecular formula is C24H31N5O2. The Balaban J connectivity index is 1.65. The monoisotopic (exact) mass is 421 g/mol. The number of guanidine groups is 1. The van der Waals surface area contributed by atoms with Gasteiger partial charge in [0.25, 0.3) is 5.91 Å². The van der Waals surface area contributed by atoms with Crippen molar-refractivity contribution in [2.75, 3.05) is 25.0 Å². The summed E-state index contributed by atoms with van der Waals surface area (Å²) in [5, 5.41) is 12.4. The maximum absolute atomic E-state index is 12.2. The molecular weight excluding hydrogens is 390 g/mol. The predicted molar refractivity (Wildman–Crippen MR) is 124 cm³/mol. The van der Waals surface area contributed by atoms with E-state index in [1.54, 1.807) is 0 Å². The molecule has 2 aromatic carbocycles. The first kappa shape index (κ1) is 22.3. The number of hydrogen-bond donors (Lipinski definition) is 4. The fraction of sp³-hybridized carbons (Fsp3) is 0.375. The molecule has 1 aliphatic heterocycles. The predicted octanol–water partition coefficient (Wildman–Crippen LogP) is 3.01. The quantitative estimate of drug-likeness (QED) is 0.389. The standard InChI is InChI=1S/C24H31N5O2/c1-3-12-26-23(31)18-9-7-8-17(13-18)15-27-24(25-4-2)28-16-19-14-22(30)29-21-11-6-5-10-20(19)21/h5-11,13,19H,3-4,12,14-16H2,1-2H3,(H,26,31)(H,29,30)(H2,25,27,28). The summed E-state index contributed by atoms with van der Waals surface area (Å²) in [7, 11) is 0. The number of hydrogen-bond acceptors (Lipinski definition) is 3. The summed E-state index contributed by atoms with van der Waals surface area (Å²) in [6, 6.07) is 15.4. The van der Waals surface area contributed by atoms with E-state index in [2.05, 4.69) is 32.3 Å². The third-order valence-electron chi connectivity index (χ3n) is 5.11. The Morgan fingerprint density at radius 3 is 2.74 bits per heavy atom. The third-order valence-corrected chi connectivity index (χ3v) is 5.11. The maximum Gasteiger partial charge on any atom is 0.251 e. The van der Waals surface area contributed by atoms with E-state index in [1.165, 1.54) is 0 Å². The molecule has 0 saturated heterocycles. The van der Waals surface area contributed by atoms with E-state index >= 15 is 0 Å². The van der Waals surface area contributed by atoms with Gasteiger partial charge in [0.1, 0.15) is 0 Å². The van der Waals surface area contributed by atoms with Gasteiger partial charge in [-0.2, -0.15) is 0 Å². The molecule has 3 rings (SSSR count). The van der Waals surface area contributed by atoms with Crippen molar-refractivity contribution in [2.24, 2.45) is 4.99 Å². The number of anilines is 1. The number of carbonyl (C=O) groups excluding carboxylic acids is 2. The van der Waals surface area contributed by atoms with Crippen molar-refractivity contribution in [3.05, 3.63) is 65.2 Å². The van der Waals surface area contributed by atoms with E-state index in [4.69, 9.17) is 0 Å². The van der Waals surface area contributed by atoms with Crippen LogP contribution < -0.4 is 21.3 Å². The molecule has 0 aromatic heterocycles. The molecule has 0 fully saturated rings. The van der Waals surface area contributed by atoms with Crippen LogP contribution in [0.3, 0.4) is 0 Å². The lowest BCUT2D eigenvalue weighted by Crippen LogP contribution is -2.40. The second kappa shape index (κ2) is 11.2. The van der Waals surface area contributed by atoms with Crippen LogP contribution in [0.2, 0.25) is 0 Å². The van der Waals surface area contributed by atoms with Gasteiger partial charge in [-0.1, -0.05) is 37.3 Å². The number of para-hydroxylation sites is 1. The number of nitrogens with zero attached hydrogens (tertiary/aromatic N) is 1. The first-order chi connectivity index (χ1) is 15.1. The SMILES string of the molecule is CCCNC(=O)c1cccc(CN=C(NCC)NCC2CC(=O)Nc3ccccc32)c1. The first-order valence-electron chi connectivity index (χ1n) is 10.9. The highest BCUT2D eigenvalue weighted by molar-refractivity contribution is 5.95. The Bertz CT molecular complexity index is 941. The lowest BCUT2D eigenvalue weighted by Gasteiger charge is -2.26. The molecule has 0 aliphatic carbocycles. The summed E-state index contributed by atoms with van der Waals surface area (Å²) < 4.78 is 0. The van der Waals surface area contributed by atoms with Crippen molar-refractivity contribution in [2.45, 2.75) is 39.2 Å². The van der Waals surface area contributed by atoms with Gasteiger partial charge >= 0.3 is 0 Å². The third kappa shape index (κ3) is 6.31. The fourth-order valence-corrected chi connectivity index (χ4v) is 3.57. The van der Waals surface area contributed by atoms with Gasteiger partial charge in [0.15, 0.2) is 5.96 Å². The Morgan fingerprint density at radius 1 is 1.10 bits per heavy atom. The molecule has 1 heterocycles. The van der Waals surface area contributed by atoms with E-state index in [1.807, 2.05) is 56.3 Å². The van der Waals surface area contributed by atoms with Gasteiger partial charge in [0.05, 0.1) is 6.54 Å². The van der Waals surface area contributed by atoms with Crippen molar-refractivity contribution in [3.63, 3.8) is 0 Å². The minimum absolute atomic E-state index is 0.0330. The van der Waals surface area contributed by atoms with Gasteiger partial charge in [-0.05, 0) is 42.7 Å². The first-order valence-corrected chi connectivity index (χ1v) is 10.9. The van der Waals surface area contributed by atoms with Crippen LogP contribution in [0, 0.1) is 0 Å². The number of aliphatic imine (C=N–C) groups is 1. The van der Waals surface area contributed by atoms with Crippen molar-refractivity contribution >= 4 is 23.5 Å². The van der Waals surface area contributed by atoms with Gasteiger partial charge < -0.3 is 21.3 Å². The van der Waals surface area contributed by atoms with Gasteiger partial charge in [-0.15, -0.1) is 0 Å². The van der Waals surface area contributed by atoms with Crippen LogP contribution in [-0.4, -0.2) is 37.4 Å². The summed E-state index contributed by atoms with van der Waals surface area (Å²) in [5.41, 5.74) is 3.62. The zero-order chi connectivity index (χ0) is 22.1. The van der Waals surface area contributed by atoms with E-state index in [0.717, 1.165) is 29.8 Å². The zero-order valence-corrected chi connectivity index (χ0v) is 18.2. The van der Waals surface area contributed by atoms with Crippen LogP contribution in [0.15, 0.2) is 53.5 Å². The number of fused-ring (bicyclic) bond motifs is 1. The van der Waals surface area contributed by atoms with Crippen molar-refractivity contribution in [1.82, 2.24) is 16.0 Å². The number of benzene rings is 2. The van der Waals surface area contributed by atoms with E-state index in [-0.39, 0.29) is 17.7 Å². The molecule has 4 N–H and O–H groups in total. The minimum Gasteiger partial charge on any atom is -0.357 e. The van der Waals surface area contributed by atoms with Crippen molar-refractivity contribution in [3.8, 4) is 0 Å². The topological polar surface area (TPSA) is 94.6 Å². The lowest BCUT2D eigenvalue weighted by atomic mass is 9.90. The highest BCUT2D eigenvalue weighted by Gasteiger charge is 2.24. The highest BCUT2D eigenvalue weighted by atomic mass is 16.2. The molecule has 2 amide bonds. The van der Waals surface area contributed by atoms with Crippen LogP contribution in [0.25, 0.3) is 0 Å².